The Bertz CT molecular complexity index is 177. The molecule has 0 aliphatic carbocycles. The maximum absolute atomic E-state index is 4.09. The molecule has 0 saturated heterocycles. The van der Waals surface area contributed by atoms with E-state index in [4.69, 9.17) is 0 Å². The minimum atomic E-state index is 0.918. The Morgan fingerprint density at radius 2 is 2.67 bits per heavy atom. The van der Waals surface area contributed by atoms with E-state index in [1.807, 2.05) is 17.7 Å². The number of hydrogen-bond donors (Lipinski definition) is 0. The smallest absolute Gasteiger partial charge is 0.0962 e. The van der Waals surface area contributed by atoms with Gasteiger partial charge in [-0.15, -0.1) is 11.3 Å². The lowest BCUT2D eigenvalue weighted by Crippen LogP contribution is -1.74. The molecule has 0 spiro atoms. The molecule has 0 fully saturated rings. The molecule has 0 aromatic carbocycles. The first-order valence-electron chi connectivity index (χ1n) is 2.76. The number of nitrogens with zero attached hydrogens (tertiary/aromatic N) is 1. The molecule has 0 saturated carbocycles. The molecule has 0 aliphatic rings. The first kappa shape index (κ1) is 6.49. The second kappa shape index (κ2) is 3.41. The quantitative estimate of drug-likeness (QED) is 0.609. The predicted octanol–water partition coefficient (Wildman–Crippen LogP) is 2.08. The van der Waals surface area contributed by atoms with Crippen molar-refractivity contribution in [2.24, 2.45) is 0 Å². The Morgan fingerprint density at radius 1 is 1.78 bits per heavy atom. The van der Waals surface area contributed by atoms with Crippen LogP contribution in [0, 0.1) is 6.92 Å². The molecule has 0 aliphatic heterocycles. The average Bonchev–Trinajstić information content (AvgIpc) is 2.34. The molecule has 9 heavy (non-hydrogen) atoms. The van der Waals surface area contributed by atoms with Gasteiger partial charge in [-0.2, -0.15) is 0 Å². The maximum atomic E-state index is 4.09. The first-order valence-corrected chi connectivity index (χ1v) is 3.64. The van der Waals surface area contributed by atoms with E-state index < -0.39 is 0 Å². The zero-order chi connectivity index (χ0) is 6.53. The van der Waals surface area contributed by atoms with Crippen molar-refractivity contribution in [3.63, 3.8) is 0 Å². The molecule has 0 amide bonds. The van der Waals surface area contributed by atoms with Gasteiger partial charge >= 0.3 is 0 Å². The van der Waals surface area contributed by atoms with Gasteiger partial charge in [0, 0.05) is 18.0 Å². The van der Waals surface area contributed by atoms with Gasteiger partial charge in [0.15, 0.2) is 0 Å². The van der Waals surface area contributed by atoms with Gasteiger partial charge in [-0.3, -0.25) is 0 Å². The molecule has 0 unspecified atom stereocenters. The normalized spacial score (nSPS) is 10.8. The molecule has 2 heteroatoms. The van der Waals surface area contributed by atoms with Crippen molar-refractivity contribution in [2.75, 3.05) is 0 Å². The second-order valence-corrected chi connectivity index (χ2v) is 2.58. The van der Waals surface area contributed by atoms with E-state index in [2.05, 4.69) is 11.9 Å². The van der Waals surface area contributed by atoms with Crippen LogP contribution < -0.4 is 0 Å². The summed E-state index contributed by atoms with van der Waals surface area (Å²) >= 11 is 1.67. The van der Waals surface area contributed by atoms with Gasteiger partial charge in [0.1, 0.15) is 0 Å². The van der Waals surface area contributed by atoms with E-state index in [1.54, 1.807) is 17.4 Å². The molecule has 1 nitrogen and oxygen atoms in total. The van der Waals surface area contributed by atoms with E-state index >= 15 is 0 Å². The summed E-state index contributed by atoms with van der Waals surface area (Å²) < 4.78 is 0. The highest BCUT2D eigenvalue weighted by Crippen LogP contribution is 2.04. The highest BCUT2D eigenvalue weighted by molar-refractivity contribution is 7.09. The summed E-state index contributed by atoms with van der Waals surface area (Å²) in [6, 6.07) is 0. The number of thiazole rings is 1. The number of allylic oxidation sites excluding steroid dienone is 2. The molecule has 47 valence electrons. The van der Waals surface area contributed by atoms with Crippen molar-refractivity contribution in [1.29, 1.82) is 0 Å². The van der Waals surface area contributed by atoms with Gasteiger partial charge in [-0.05, 0) is 6.92 Å². The minimum Gasteiger partial charge on any atom is -0.249 e. The number of hydrogen-bond acceptors (Lipinski definition) is 2. The molecule has 0 bridgehead atoms. The molecule has 1 rings (SSSR count). The van der Waals surface area contributed by atoms with Crippen LogP contribution in [0.3, 0.4) is 0 Å². The highest BCUT2D eigenvalue weighted by Gasteiger charge is 1.87. The summed E-state index contributed by atoms with van der Waals surface area (Å²) in [5.74, 6) is 0. The SMILES string of the molecule is [CH2]C=CCc1nccs1. The lowest BCUT2D eigenvalue weighted by atomic mass is 10.4. The van der Waals surface area contributed by atoms with Crippen LogP contribution in [-0.2, 0) is 6.42 Å². The van der Waals surface area contributed by atoms with Crippen LogP contribution in [0.5, 0.6) is 0 Å². The van der Waals surface area contributed by atoms with Crippen molar-refractivity contribution in [3.05, 3.63) is 35.7 Å². The van der Waals surface area contributed by atoms with Crippen LogP contribution >= 0.6 is 11.3 Å². The third-order valence-corrected chi connectivity index (χ3v) is 1.74. The van der Waals surface area contributed by atoms with Gasteiger partial charge < -0.3 is 0 Å². The third kappa shape index (κ3) is 1.98. The van der Waals surface area contributed by atoms with Crippen molar-refractivity contribution in [2.45, 2.75) is 6.42 Å². The minimum absolute atomic E-state index is 0.918. The average molecular weight is 138 g/mol. The fourth-order valence-corrected chi connectivity index (χ4v) is 1.13. The third-order valence-electron chi connectivity index (χ3n) is 0.943. The molecular weight excluding hydrogens is 130 g/mol. The van der Waals surface area contributed by atoms with Crippen molar-refractivity contribution in [1.82, 2.24) is 4.98 Å². The summed E-state index contributed by atoms with van der Waals surface area (Å²) in [7, 11) is 0. The largest absolute Gasteiger partial charge is 0.249 e. The van der Waals surface area contributed by atoms with Crippen LogP contribution in [0.2, 0.25) is 0 Å². The lowest BCUT2D eigenvalue weighted by Gasteiger charge is -1.81. The molecule has 1 aromatic rings. The van der Waals surface area contributed by atoms with E-state index in [0.717, 1.165) is 11.4 Å². The topological polar surface area (TPSA) is 12.9 Å². The molecule has 0 atom stereocenters. The van der Waals surface area contributed by atoms with Gasteiger partial charge in [0.05, 0.1) is 5.01 Å². The first-order chi connectivity index (χ1) is 4.43. The predicted molar refractivity (Wildman–Crippen MR) is 40.3 cm³/mol. The number of rotatable bonds is 2. The van der Waals surface area contributed by atoms with E-state index in [0.29, 0.717) is 0 Å². The van der Waals surface area contributed by atoms with E-state index in [9.17, 15) is 0 Å². The number of aromatic nitrogens is 1. The van der Waals surface area contributed by atoms with E-state index in [-0.39, 0.29) is 0 Å². The van der Waals surface area contributed by atoms with Crippen LogP contribution in [0.1, 0.15) is 5.01 Å². The standard InChI is InChI=1S/C7H8NS/c1-2-3-4-7-8-5-6-9-7/h2-3,5-6H,1,4H2. The molecule has 1 radical (unpaired) electrons. The van der Waals surface area contributed by atoms with Crippen LogP contribution in [-0.4, -0.2) is 4.98 Å². The highest BCUT2D eigenvalue weighted by atomic mass is 32.1. The Balaban J connectivity index is 2.48. The lowest BCUT2D eigenvalue weighted by molar-refractivity contribution is 1.19. The molecule has 1 aromatic heterocycles. The molecular formula is C7H8NS. The van der Waals surface area contributed by atoms with Gasteiger partial charge in [-0.1, -0.05) is 12.2 Å². The van der Waals surface area contributed by atoms with Crippen molar-refractivity contribution >= 4 is 11.3 Å². The summed E-state index contributed by atoms with van der Waals surface area (Å²) in [6.07, 6.45) is 6.53. The summed E-state index contributed by atoms with van der Waals surface area (Å²) in [6.45, 7) is 3.58. The summed E-state index contributed by atoms with van der Waals surface area (Å²) in [5.41, 5.74) is 0. The van der Waals surface area contributed by atoms with Gasteiger partial charge in [-0.25, -0.2) is 4.98 Å². The monoisotopic (exact) mass is 138 g/mol. The Kier molecular flexibility index (Phi) is 2.46. The van der Waals surface area contributed by atoms with Crippen molar-refractivity contribution < 1.29 is 0 Å². The van der Waals surface area contributed by atoms with Gasteiger partial charge in [0.25, 0.3) is 0 Å². The Morgan fingerprint density at radius 3 is 3.22 bits per heavy atom. The maximum Gasteiger partial charge on any atom is 0.0962 e. The fraction of sp³-hybridized carbons (Fsp3) is 0.143. The summed E-state index contributed by atoms with van der Waals surface area (Å²) in [5, 5.41) is 3.13. The van der Waals surface area contributed by atoms with Crippen LogP contribution in [0.4, 0.5) is 0 Å². The second-order valence-electron chi connectivity index (χ2n) is 1.60. The zero-order valence-electron chi connectivity index (χ0n) is 5.08. The van der Waals surface area contributed by atoms with Gasteiger partial charge in [0.2, 0.25) is 0 Å². The van der Waals surface area contributed by atoms with E-state index in [1.165, 1.54) is 0 Å². The van der Waals surface area contributed by atoms with Crippen LogP contribution in [0.15, 0.2) is 23.7 Å². The molecule has 0 N–H and O–H groups in total. The zero-order valence-corrected chi connectivity index (χ0v) is 5.90. The van der Waals surface area contributed by atoms with Crippen LogP contribution in [0.25, 0.3) is 0 Å². The summed E-state index contributed by atoms with van der Waals surface area (Å²) in [4.78, 5) is 4.09. The Labute approximate surface area is 59.1 Å². The molecule has 1 heterocycles. The Hall–Kier alpha value is -0.630. The fourth-order valence-electron chi connectivity index (χ4n) is 0.538. The van der Waals surface area contributed by atoms with Crippen molar-refractivity contribution in [3.8, 4) is 0 Å².